The van der Waals surface area contributed by atoms with Gasteiger partial charge in [-0.3, -0.25) is 14.7 Å². The molecule has 1 aliphatic heterocycles. The normalized spacial score (nSPS) is 14.0. The van der Waals surface area contributed by atoms with Crippen molar-refractivity contribution in [2.75, 3.05) is 6.54 Å². The number of hydrogen-bond donors (Lipinski definition) is 1. The molecule has 0 fully saturated rings. The van der Waals surface area contributed by atoms with Crippen LogP contribution in [0.25, 0.3) is 22.6 Å². The monoisotopic (exact) mass is 490 g/mol. The van der Waals surface area contributed by atoms with Crippen LogP contribution in [0, 0.1) is 13.8 Å². The Bertz CT molecular complexity index is 1460. The van der Waals surface area contributed by atoms with E-state index in [0.29, 0.717) is 42.9 Å². The number of H-pyrrole nitrogens is 1. The number of aromatic nitrogens is 3. The second-order valence-electron chi connectivity index (χ2n) is 9.17. The zero-order valence-electron chi connectivity index (χ0n) is 20.0. The highest BCUT2D eigenvalue weighted by Gasteiger charge is 2.30. The summed E-state index contributed by atoms with van der Waals surface area (Å²) in [5.74, 6) is 0.284. The summed E-state index contributed by atoms with van der Waals surface area (Å²) in [7, 11) is 0. The molecule has 184 valence electrons. The third kappa shape index (κ3) is 4.81. The Morgan fingerprint density at radius 3 is 2.50 bits per heavy atom. The minimum Gasteiger partial charge on any atom is -0.306 e. The number of nitrogens with one attached hydrogen (secondary N) is 1. The van der Waals surface area contributed by atoms with Crippen LogP contribution in [0.5, 0.6) is 0 Å². The van der Waals surface area contributed by atoms with Crippen molar-refractivity contribution in [2.24, 2.45) is 0 Å². The maximum Gasteiger partial charge on any atom is 0.416 e. The van der Waals surface area contributed by atoms with Crippen LogP contribution < -0.4 is 5.56 Å². The molecular weight excluding hydrogens is 465 g/mol. The maximum absolute atomic E-state index is 12.9. The number of fused-ring (bicyclic) bond motifs is 1. The van der Waals surface area contributed by atoms with Gasteiger partial charge in [0.05, 0.1) is 22.5 Å². The third-order valence-electron chi connectivity index (χ3n) is 6.74. The molecule has 8 heteroatoms. The Morgan fingerprint density at radius 2 is 1.81 bits per heavy atom. The van der Waals surface area contributed by atoms with Gasteiger partial charge in [-0.25, -0.2) is 4.98 Å². The van der Waals surface area contributed by atoms with E-state index < -0.39 is 11.7 Å². The van der Waals surface area contributed by atoms with Gasteiger partial charge in [0, 0.05) is 43.4 Å². The highest BCUT2D eigenvalue weighted by atomic mass is 19.4. The van der Waals surface area contributed by atoms with Crippen molar-refractivity contribution in [3.8, 4) is 22.6 Å². The number of aromatic amines is 1. The Hall–Kier alpha value is -3.78. The van der Waals surface area contributed by atoms with Crippen LogP contribution >= 0.6 is 0 Å². The Balaban J connectivity index is 1.31. The number of hydrogen-bond acceptors (Lipinski definition) is 4. The van der Waals surface area contributed by atoms with E-state index in [1.54, 1.807) is 0 Å². The summed E-state index contributed by atoms with van der Waals surface area (Å²) < 4.78 is 38.6. The quantitative estimate of drug-likeness (QED) is 0.399. The van der Waals surface area contributed by atoms with Gasteiger partial charge in [-0.2, -0.15) is 13.2 Å². The average Bonchev–Trinajstić information content (AvgIpc) is 2.86. The number of aryl methyl sites for hydroxylation is 1. The molecule has 5 rings (SSSR count). The number of benzene rings is 2. The highest BCUT2D eigenvalue weighted by molar-refractivity contribution is 5.65. The molecule has 0 amide bonds. The van der Waals surface area contributed by atoms with Crippen molar-refractivity contribution >= 4 is 0 Å². The molecule has 4 aromatic rings. The molecule has 0 spiro atoms. The maximum atomic E-state index is 12.9. The topological polar surface area (TPSA) is 61.9 Å². The Morgan fingerprint density at radius 1 is 1.03 bits per heavy atom. The molecule has 1 aliphatic rings. The van der Waals surface area contributed by atoms with Gasteiger partial charge in [0.25, 0.3) is 5.56 Å². The lowest BCUT2D eigenvalue weighted by molar-refractivity contribution is -0.137. The molecular formula is C28H25F3N4O. The van der Waals surface area contributed by atoms with E-state index in [1.165, 1.54) is 23.3 Å². The lowest BCUT2D eigenvalue weighted by Gasteiger charge is -2.27. The molecule has 0 saturated heterocycles. The summed E-state index contributed by atoms with van der Waals surface area (Å²) in [6.45, 7) is 6.00. The zero-order valence-corrected chi connectivity index (χ0v) is 20.0. The predicted molar refractivity (Wildman–Crippen MR) is 132 cm³/mol. The Labute approximate surface area is 206 Å². The summed E-state index contributed by atoms with van der Waals surface area (Å²) in [5.41, 5.74) is 6.28. The van der Waals surface area contributed by atoms with Gasteiger partial charge in [0.15, 0.2) is 0 Å². The molecule has 0 saturated carbocycles. The molecule has 0 bridgehead atoms. The molecule has 0 atom stereocenters. The molecule has 36 heavy (non-hydrogen) atoms. The van der Waals surface area contributed by atoms with Crippen molar-refractivity contribution < 1.29 is 13.2 Å². The van der Waals surface area contributed by atoms with Crippen LogP contribution in [0.3, 0.4) is 0 Å². The van der Waals surface area contributed by atoms with Crippen LogP contribution in [-0.2, 0) is 25.7 Å². The van der Waals surface area contributed by atoms with Gasteiger partial charge in [0.1, 0.15) is 5.82 Å². The van der Waals surface area contributed by atoms with E-state index in [-0.39, 0.29) is 11.4 Å². The lowest BCUT2D eigenvalue weighted by Crippen LogP contribution is -2.35. The van der Waals surface area contributed by atoms with E-state index in [9.17, 15) is 18.0 Å². The summed E-state index contributed by atoms with van der Waals surface area (Å²) in [6.07, 6.45) is -1.95. The number of nitrogens with zero attached hydrogens (tertiary/aromatic N) is 3. The first kappa shape index (κ1) is 23.9. The summed E-state index contributed by atoms with van der Waals surface area (Å²) in [6, 6.07) is 14.9. The standard InChI is InChI=1S/C28H25F3N4O/c1-17-4-3-5-22(18(17)2)24-11-6-19(14-32-24)15-35-13-12-25-23(16-35)27(36)34-26(33-25)20-7-9-21(10-8-20)28(29,30)31/h3-11,14H,12-13,15-16H2,1-2H3,(H,33,34,36). The van der Waals surface area contributed by atoms with E-state index in [2.05, 4.69) is 51.9 Å². The molecule has 0 unspecified atom stereocenters. The minimum atomic E-state index is -4.41. The number of pyridine rings is 1. The van der Waals surface area contributed by atoms with Crippen LogP contribution in [0.15, 0.2) is 65.6 Å². The largest absolute Gasteiger partial charge is 0.416 e. The first-order valence-corrected chi connectivity index (χ1v) is 11.7. The van der Waals surface area contributed by atoms with Gasteiger partial charge in [0.2, 0.25) is 0 Å². The minimum absolute atomic E-state index is 0.261. The second kappa shape index (κ2) is 9.35. The van der Waals surface area contributed by atoms with Gasteiger partial charge in [-0.05, 0) is 48.7 Å². The van der Waals surface area contributed by atoms with Crippen molar-refractivity contribution in [2.45, 2.75) is 39.5 Å². The van der Waals surface area contributed by atoms with E-state index in [1.807, 2.05) is 18.3 Å². The number of alkyl halides is 3. The van der Waals surface area contributed by atoms with Crippen LogP contribution in [0.4, 0.5) is 13.2 Å². The summed E-state index contributed by atoms with van der Waals surface area (Å²) in [5, 5.41) is 0. The van der Waals surface area contributed by atoms with E-state index in [0.717, 1.165) is 29.0 Å². The van der Waals surface area contributed by atoms with E-state index in [4.69, 9.17) is 0 Å². The number of halogens is 3. The fourth-order valence-corrected chi connectivity index (χ4v) is 4.53. The smallest absolute Gasteiger partial charge is 0.306 e. The highest BCUT2D eigenvalue weighted by Crippen LogP contribution is 2.30. The second-order valence-corrected chi connectivity index (χ2v) is 9.17. The van der Waals surface area contributed by atoms with Crippen LogP contribution in [0.2, 0.25) is 0 Å². The van der Waals surface area contributed by atoms with Crippen molar-refractivity contribution in [3.05, 3.63) is 105 Å². The Kier molecular flexibility index (Phi) is 6.22. The summed E-state index contributed by atoms with van der Waals surface area (Å²) >= 11 is 0. The first-order chi connectivity index (χ1) is 17.2. The van der Waals surface area contributed by atoms with Crippen molar-refractivity contribution in [1.82, 2.24) is 19.9 Å². The average molecular weight is 491 g/mol. The van der Waals surface area contributed by atoms with Gasteiger partial charge in [-0.1, -0.05) is 36.4 Å². The van der Waals surface area contributed by atoms with Gasteiger partial charge in [-0.15, -0.1) is 0 Å². The zero-order chi connectivity index (χ0) is 25.4. The van der Waals surface area contributed by atoms with Crippen molar-refractivity contribution in [1.29, 1.82) is 0 Å². The molecule has 1 N–H and O–H groups in total. The molecule has 3 heterocycles. The fraction of sp³-hybridized carbons (Fsp3) is 0.250. The number of rotatable bonds is 4. The summed E-state index contributed by atoms with van der Waals surface area (Å²) in [4.78, 5) is 27.0. The molecule has 0 aliphatic carbocycles. The van der Waals surface area contributed by atoms with E-state index >= 15 is 0 Å². The molecule has 2 aromatic heterocycles. The first-order valence-electron chi connectivity index (χ1n) is 11.7. The van der Waals surface area contributed by atoms with Crippen LogP contribution in [-0.4, -0.2) is 26.4 Å². The molecule has 2 aromatic carbocycles. The van der Waals surface area contributed by atoms with Gasteiger partial charge < -0.3 is 4.98 Å². The molecule has 5 nitrogen and oxygen atoms in total. The van der Waals surface area contributed by atoms with Crippen LogP contribution in [0.1, 0.15) is 33.5 Å². The lowest BCUT2D eigenvalue weighted by atomic mass is 10.0. The van der Waals surface area contributed by atoms with Gasteiger partial charge >= 0.3 is 6.18 Å². The van der Waals surface area contributed by atoms with Crippen molar-refractivity contribution in [3.63, 3.8) is 0 Å². The fourth-order valence-electron chi connectivity index (χ4n) is 4.53. The third-order valence-corrected chi connectivity index (χ3v) is 6.74. The molecule has 0 radical (unpaired) electrons. The predicted octanol–water partition coefficient (Wildman–Crippen LogP) is 5.69. The SMILES string of the molecule is Cc1cccc(-c2ccc(CN3CCc4nc(-c5ccc(C(F)(F)F)cc5)[nH]c(=O)c4C3)cn2)c1C.